The highest BCUT2D eigenvalue weighted by molar-refractivity contribution is 7.80. The number of aryl methyl sites for hydroxylation is 1. The molecule has 120 valence electrons. The molecule has 0 aliphatic heterocycles. The Morgan fingerprint density at radius 3 is 2.48 bits per heavy atom. The third-order valence-corrected chi connectivity index (χ3v) is 3.10. The molecule has 7 heteroatoms. The average molecular weight is 337 g/mol. The van der Waals surface area contributed by atoms with E-state index in [0.717, 1.165) is 23.4 Å². The second kappa shape index (κ2) is 7.23. The molecule has 2 aromatic carbocycles. The van der Waals surface area contributed by atoms with Crippen LogP contribution in [0.4, 0.5) is 18.9 Å². The number of nitrogens with zero attached hydrogens (tertiary/aromatic N) is 1. The van der Waals surface area contributed by atoms with Gasteiger partial charge in [-0.25, -0.2) is 0 Å². The highest BCUT2D eigenvalue weighted by Gasteiger charge is 2.30. The number of hydrogen-bond donors (Lipinski definition) is 2. The number of thiocarbonyl (C=S) groups is 1. The number of alkyl halides is 3. The summed E-state index contributed by atoms with van der Waals surface area (Å²) in [5.74, 6) is 0. The Bertz CT molecular complexity index is 709. The van der Waals surface area contributed by atoms with Crippen LogP contribution in [-0.2, 0) is 6.18 Å². The van der Waals surface area contributed by atoms with E-state index in [0.29, 0.717) is 5.56 Å². The molecule has 0 unspecified atom stereocenters. The van der Waals surface area contributed by atoms with E-state index < -0.39 is 11.7 Å². The van der Waals surface area contributed by atoms with E-state index in [1.54, 1.807) is 0 Å². The van der Waals surface area contributed by atoms with E-state index in [4.69, 9.17) is 12.2 Å². The van der Waals surface area contributed by atoms with E-state index in [9.17, 15) is 13.2 Å². The van der Waals surface area contributed by atoms with Crippen LogP contribution in [-0.4, -0.2) is 11.3 Å². The maximum absolute atomic E-state index is 12.6. The summed E-state index contributed by atoms with van der Waals surface area (Å²) in [5.41, 5.74) is 4.08. The summed E-state index contributed by atoms with van der Waals surface area (Å²) in [4.78, 5) is 0. The number of hydrazone groups is 1. The molecular formula is C16H14F3N3S. The van der Waals surface area contributed by atoms with Crippen LogP contribution in [0.15, 0.2) is 53.6 Å². The predicted molar refractivity (Wildman–Crippen MR) is 89.6 cm³/mol. The van der Waals surface area contributed by atoms with E-state index in [-0.39, 0.29) is 5.11 Å². The maximum atomic E-state index is 12.6. The number of hydrogen-bond acceptors (Lipinski definition) is 2. The summed E-state index contributed by atoms with van der Waals surface area (Å²) in [6, 6.07) is 12.5. The molecule has 3 nitrogen and oxygen atoms in total. The molecule has 0 fully saturated rings. The summed E-state index contributed by atoms with van der Waals surface area (Å²) < 4.78 is 37.8. The van der Waals surface area contributed by atoms with Crippen LogP contribution < -0.4 is 10.7 Å². The van der Waals surface area contributed by atoms with Crippen molar-refractivity contribution in [1.82, 2.24) is 5.43 Å². The van der Waals surface area contributed by atoms with Crippen molar-refractivity contribution in [2.45, 2.75) is 13.1 Å². The molecule has 0 saturated heterocycles. The van der Waals surface area contributed by atoms with E-state index in [1.807, 2.05) is 31.2 Å². The van der Waals surface area contributed by atoms with Gasteiger partial charge in [-0.3, -0.25) is 5.43 Å². The van der Waals surface area contributed by atoms with Gasteiger partial charge in [0.05, 0.1) is 11.8 Å². The third-order valence-electron chi connectivity index (χ3n) is 2.90. The van der Waals surface area contributed by atoms with Gasteiger partial charge in [0.15, 0.2) is 5.11 Å². The topological polar surface area (TPSA) is 36.4 Å². The van der Waals surface area contributed by atoms with Crippen LogP contribution in [0.2, 0.25) is 0 Å². The first-order valence-electron chi connectivity index (χ1n) is 6.68. The number of rotatable bonds is 3. The van der Waals surface area contributed by atoms with E-state index in [2.05, 4.69) is 15.8 Å². The Hall–Kier alpha value is -2.41. The Balaban J connectivity index is 1.93. The van der Waals surface area contributed by atoms with Crippen molar-refractivity contribution >= 4 is 29.2 Å². The van der Waals surface area contributed by atoms with Crippen molar-refractivity contribution in [2.24, 2.45) is 5.10 Å². The first-order valence-corrected chi connectivity index (χ1v) is 7.09. The molecule has 0 heterocycles. The minimum Gasteiger partial charge on any atom is -0.331 e. The lowest BCUT2D eigenvalue weighted by atomic mass is 10.1. The number of anilines is 1. The fourth-order valence-electron chi connectivity index (χ4n) is 1.76. The fraction of sp³-hybridized carbons (Fsp3) is 0.125. The summed E-state index contributed by atoms with van der Waals surface area (Å²) in [6.07, 6.45) is -3.10. The van der Waals surface area contributed by atoms with Gasteiger partial charge < -0.3 is 5.32 Å². The van der Waals surface area contributed by atoms with Gasteiger partial charge in [0.1, 0.15) is 0 Å². The molecule has 0 radical (unpaired) electrons. The minimum absolute atomic E-state index is 0.247. The van der Waals surface area contributed by atoms with Crippen molar-refractivity contribution in [3.8, 4) is 0 Å². The van der Waals surface area contributed by atoms with Crippen molar-refractivity contribution in [3.05, 3.63) is 65.2 Å². The van der Waals surface area contributed by atoms with Gasteiger partial charge in [-0.2, -0.15) is 18.3 Å². The predicted octanol–water partition coefficient (Wildman–Crippen LogP) is 4.33. The SMILES string of the molecule is Cc1ccc(NC(=S)N/N=C/c2cccc(C(F)(F)F)c2)cc1. The highest BCUT2D eigenvalue weighted by Crippen LogP contribution is 2.29. The molecule has 0 aliphatic carbocycles. The molecular weight excluding hydrogens is 323 g/mol. The molecule has 2 aromatic rings. The standard InChI is InChI=1S/C16H14F3N3S/c1-11-5-7-14(8-6-11)21-15(23)22-20-10-12-3-2-4-13(9-12)16(17,18)19/h2-10H,1H3,(H2,21,22,23)/b20-10+. The smallest absolute Gasteiger partial charge is 0.331 e. The van der Waals surface area contributed by atoms with Crippen LogP contribution in [0.3, 0.4) is 0 Å². The minimum atomic E-state index is -4.38. The number of halogens is 3. The zero-order valence-electron chi connectivity index (χ0n) is 12.2. The Labute approximate surface area is 137 Å². The van der Waals surface area contributed by atoms with E-state index in [1.165, 1.54) is 18.3 Å². The van der Waals surface area contributed by atoms with Crippen LogP contribution in [0.25, 0.3) is 0 Å². The molecule has 2 N–H and O–H groups in total. The van der Waals surface area contributed by atoms with Crippen molar-refractivity contribution in [3.63, 3.8) is 0 Å². The van der Waals surface area contributed by atoms with Crippen molar-refractivity contribution < 1.29 is 13.2 Å². The molecule has 0 spiro atoms. The molecule has 2 rings (SSSR count). The van der Waals surface area contributed by atoms with Crippen LogP contribution >= 0.6 is 12.2 Å². The molecule has 0 saturated carbocycles. The monoisotopic (exact) mass is 337 g/mol. The van der Waals surface area contributed by atoms with Gasteiger partial charge in [-0.05, 0) is 49.0 Å². The van der Waals surface area contributed by atoms with Crippen LogP contribution in [0.5, 0.6) is 0 Å². The third kappa shape index (κ3) is 5.37. The van der Waals surface area contributed by atoms with Crippen LogP contribution in [0.1, 0.15) is 16.7 Å². The van der Waals surface area contributed by atoms with Gasteiger partial charge in [0, 0.05) is 5.69 Å². The van der Waals surface area contributed by atoms with Gasteiger partial charge >= 0.3 is 6.18 Å². The van der Waals surface area contributed by atoms with Gasteiger partial charge in [0.2, 0.25) is 0 Å². The lowest BCUT2D eigenvalue weighted by Gasteiger charge is -2.08. The summed E-state index contributed by atoms with van der Waals surface area (Å²) in [6.45, 7) is 1.97. The molecule has 0 aliphatic rings. The quantitative estimate of drug-likeness (QED) is 0.497. The molecule has 23 heavy (non-hydrogen) atoms. The maximum Gasteiger partial charge on any atom is 0.416 e. The summed E-state index contributed by atoms with van der Waals surface area (Å²) in [7, 11) is 0. The number of nitrogens with one attached hydrogen (secondary N) is 2. The normalized spacial score (nSPS) is 11.5. The average Bonchev–Trinajstić information content (AvgIpc) is 2.49. The van der Waals surface area contributed by atoms with Gasteiger partial charge in [-0.15, -0.1) is 0 Å². The molecule has 0 aromatic heterocycles. The van der Waals surface area contributed by atoms with Gasteiger partial charge in [0.25, 0.3) is 0 Å². The summed E-state index contributed by atoms with van der Waals surface area (Å²) in [5, 5.41) is 7.00. The van der Waals surface area contributed by atoms with E-state index >= 15 is 0 Å². The van der Waals surface area contributed by atoms with Gasteiger partial charge in [-0.1, -0.05) is 29.8 Å². The molecule has 0 bridgehead atoms. The zero-order valence-corrected chi connectivity index (χ0v) is 13.0. The zero-order chi connectivity index (χ0) is 16.9. The highest BCUT2D eigenvalue weighted by atomic mass is 32.1. The lowest BCUT2D eigenvalue weighted by molar-refractivity contribution is -0.137. The number of benzene rings is 2. The Morgan fingerprint density at radius 2 is 1.83 bits per heavy atom. The second-order valence-corrected chi connectivity index (χ2v) is 5.22. The van der Waals surface area contributed by atoms with Crippen LogP contribution in [0, 0.1) is 6.92 Å². The lowest BCUT2D eigenvalue weighted by Crippen LogP contribution is -2.23. The molecule has 0 amide bonds. The van der Waals surface area contributed by atoms with Crippen molar-refractivity contribution in [1.29, 1.82) is 0 Å². The fourth-order valence-corrected chi connectivity index (χ4v) is 1.93. The molecule has 0 atom stereocenters. The summed E-state index contributed by atoms with van der Waals surface area (Å²) >= 11 is 5.05. The largest absolute Gasteiger partial charge is 0.416 e. The van der Waals surface area contributed by atoms with Crippen molar-refractivity contribution in [2.75, 3.05) is 5.32 Å². The Morgan fingerprint density at radius 1 is 1.13 bits per heavy atom. The Kier molecular flexibility index (Phi) is 5.33. The second-order valence-electron chi connectivity index (χ2n) is 4.81. The first-order chi connectivity index (χ1) is 10.8. The first kappa shape index (κ1) is 17.0.